The van der Waals surface area contributed by atoms with Gasteiger partial charge in [-0.1, -0.05) is 19.9 Å². The number of aromatic amines is 1. The summed E-state index contributed by atoms with van der Waals surface area (Å²) in [5.41, 5.74) is 3.27. The molecule has 2 rings (SSSR count). The molecule has 1 heterocycles. The van der Waals surface area contributed by atoms with Crippen LogP contribution in [0.4, 0.5) is 0 Å². The van der Waals surface area contributed by atoms with Gasteiger partial charge in [-0.3, -0.25) is 4.79 Å². The predicted octanol–water partition coefficient (Wildman–Crippen LogP) is 3.17. The fourth-order valence-corrected chi connectivity index (χ4v) is 2.42. The van der Waals surface area contributed by atoms with Crippen LogP contribution in [0, 0.1) is 17.6 Å². The lowest BCUT2D eigenvalue weighted by Crippen LogP contribution is -2.28. The van der Waals surface area contributed by atoms with Crippen molar-refractivity contribution < 1.29 is 4.79 Å². The number of H-pyrrole nitrogens is 1. The number of hydrogen-bond acceptors (Lipinski definition) is 2. The molecule has 1 aromatic carbocycles. The topological polar surface area (TPSA) is 49.8 Å². The maximum Gasteiger partial charge on any atom is 0.221 e. The number of fused-ring (bicyclic) bond motifs is 1. The molecule has 0 atom stereocenters. The molecule has 0 fully saturated rings. The summed E-state index contributed by atoms with van der Waals surface area (Å²) >= 11 is 5.33. The van der Waals surface area contributed by atoms with Gasteiger partial charge in [0.1, 0.15) is 0 Å². The third-order valence-electron chi connectivity index (χ3n) is 3.20. The molecule has 0 aliphatic carbocycles. The number of amides is 1. The molecule has 20 heavy (non-hydrogen) atoms. The summed E-state index contributed by atoms with van der Waals surface area (Å²) in [4.78, 5) is 15.0. The van der Waals surface area contributed by atoms with Crippen LogP contribution in [0.15, 0.2) is 18.2 Å². The van der Waals surface area contributed by atoms with Crippen molar-refractivity contribution in [2.24, 2.45) is 5.92 Å². The van der Waals surface area contributed by atoms with Crippen LogP contribution < -0.4 is 5.32 Å². The van der Waals surface area contributed by atoms with Gasteiger partial charge < -0.3 is 14.9 Å². The van der Waals surface area contributed by atoms with E-state index in [-0.39, 0.29) is 5.91 Å². The fourth-order valence-electron chi connectivity index (χ4n) is 2.12. The summed E-state index contributed by atoms with van der Waals surface area (Å²) in [7, 11) is 0. The molecule has 0 aliphatic heterocycles. The van der Waals surface area contributed by atoms with Crippen LogP contribution >= 0.6 is 12.2 Å². The summed E-state index contributed by atoms with van der Waals surface area (Å²) in [6.45, 7) is 7.53. The lowest BCUT2D eigenvalue weighted by molar-refractivity contribution is -0.121. The Kier molecular flexibility index (Phi) is 4.60. The molecule has 5 heteroatoms. The highest BCUT2D eigenvalue weighted by molar-refractivity contribution is 7.71. The Morgan fingerprint density at radius 1 is 1.45 bits per heavy atom. The van der Waals surface area contributed by atoms with Crippen LogP contribution in [0.1, 0.15) is 25.8 Å². The lowest BCUT2D eigenvalue weighted by atomic mass is 10.2. The first kappa shape index (κ1) is 14.8. The minimum Gasteiger partial charge on any atom is -0.356 e. The van der Waals surface area contributed by atoms with E-state index in [0.29, 0.717) is 23.7 Å². The van der Waals surface area contributed by atoms with E-state index in [9.17, 15) is 4.79 Å². The van der Waals surface area contributed by atoms with E-state index in [0.717, 1.165) is 17.6 Å². The quantitative estimate of drug-likeness (QED) is 0.831. The number of nitrogens with one attached hydrogen (secondary N) is 2. The van der Waals surface area contributed by atoms with Gasteiger partial charge in [0.05, 0.1) is 11.0 Å². The molecule has 0 saturated heterocycles. The molecule has 4 nitrogen and oxygen atoms in total. The van der Waals surface area contributed by atoms with Crippen LogP contribution in [-0.2, 0) is 11.3 Å². The zero-order valence-electron chi connectivity index (χ0n) is 12.2. The van der Waals surface area contributed by atoms with Crippen molar-refractivity contribution >= 4 is 29.2 Å². The monoisotopic (exact) mass is 291 g/mol. The number of benzene rings is 1. The number of nitrogens with zero attached hydrogens (tertiary/aromatic N) is 1. The highest BCUT2D eigenvalue weighted by atomic mass is 32.1. The van der Waals surface area contributed by atoms with Crippen molar-refractivity contribution in [2.45, 2.75) is 33.7 Å². The standard InChI is InChI=1S/C15H21N3OS/c1-10(2)9-16-14(19)6-7-18-13-5-4-11(3)8-12(13)17-15(18)20/h4-5,8,10H,6-7,9H2,1-3H3,(H,16,19)(H,17,20). The Morgan fingerprint density at radius 2 is 2.20 bits per heavy atom. The van der Waals surface area contributed by atoms with E-state index >= 15 is 0 Å². The molecule has 0 bridgehead atoms. The average Bonchev–Trinajstić information content (AvgIpc) is 2.68. The van der Waals surface area contributed by atoms with Gasteiger partial charge in [0.25, 0.3) is 0 Å². The average molecular weight is 291 g/mol. The van der Waals surface area contributed by atoms with Gasteiger partial charge >= 0.3 is 0 Å². The maximum atomic E-state index is 11.8. The third-order valence-corrected chi connectivity index (χ3v) is 3.52. The Bertz CT molecular complexity index is 669. The molecule has 0 radical (unpaired) electrons. The summed E-state index contributed by atoms with van der Waals surface area (Å²) in [5, 5.41) is 2.92. The summed E-state index contributed by atoms with van der Waals surface area (Å²) in [6.07, 6.45) is 0.446. The second kappa shape index (κ2) is 6.22. The predicted molar refractivity (Wildman–Crippen MR) is 84.3 cm³/mol. The molecule has 108 valence electrons. The van der Waals surface area contributed by atoms with Crippen molar-refractivity contribution in [1.29, 1.82) is 0 Å². The van der Waals surface area contributed by atoms with Crippen molar-refractivity contribution in [3.8, 4) is 0 Å². The number of aromatic nitrogens is 2. The Labute approximate surface area is 124 Å². The van der Waals surface area contributed by atoms with Crippen LogP contribution in [0.25, 0.3) is 11.0 Å². The van der Waals surface area contributed by atoms with Crippen molar-refractivity contribution in [1.82, 2.24) is 14.9 Å². The summed E-state index contributed by atoms with van der Waals surface area (Å²) in [5.74, 6) is 0.541. The SMILES string of the molecule is Cc1ccc2c(c1)[nH]c(=S)n2CCC(=O)NCC(C)C. The third kappa shape index (κ3) is 3.48. The van der Waals surface area contributed by atoms with E-state index in [1.165, 1.54) is 5.56 Å². The number of carbonyl (C=O) groups excluding carboxylic acids is 1. The number of hydrogen-bond donors (Lipinski definition) is 2. The Balaban J connectivity index is 2.08. The van der Waals surface area contributed by atoms with Crippen LogP contribution in [0.2, 0.25) is 0 Å². The van der Waals surface area contributed by atoms with Gasteiger partial charge in [-0.2, -0.15) is 0 Å². The lowest BCUT2D eigenvalue weighted by Gasteiger charge is -2.08. The first-order valence-electron chi connectivity index (χ1n) is 6.93. The largest absolute Gasteiger partial charge is 0.356 e. The highest BCUT2D eigenvalue weighted by Gasteiger charge is 2.07. The van der Waals surface area contributed by atoms with Crippen molar-refractivity contribution in [2.75, 3.05) is 6.54 Å². The molecule has 0 spiro atoms. The zero-order chi connectivity index (χ0) is 14.7. The molecular weight excluding hydrogens is 270 g/mol. The maximum absolute atomic E-state index is 11.8. The van der Waals surface area contributed by atoms with E-state index < -0.39 is 0 Å². The molecule has 2 aromatic rings. The van der Waals surface area contributed by atoms with Crippen LogP contribution in [0.3, 0.4) is 0 Å². The fraction of sp³-hybridized carbons (Fsp3) is 0.467. The second-order valence-corrected chi connectivity index (χ2v) is 5.94. The van der Waals surface area contributed by atoms with Gasteiger partial charge in [-0.15, -0.1) is 0 Å². The molecule has 2 N–H and O–H groups in total. The first-order chi connectivity index (χ1) is 9.47. The van der Waals surface area contributed by atoms with E-state index in [2.05, 4.69) is 36.3 Å². The molecule has 0 unspecified atom stereocenters. The molecule has 1 aromatic heterocycles. The number of imidazole rings is 1. The highest BCUT2D eigenvalue weighted by Crippen LogP contribution is 2.16. The minimum atomic E-state index is 0.0714. The minimum absolute atomic E-state index is 0.0714. The van der Waals surface area contributed by atoms with Gasteiger partial charge in [0.2, 0.25) is 5.91 Å². The van der Waals surface area contributed by atoms with Gasteiger partial charge in [-0.05, 0) is 42.8 Å². The molecular formula is C15H21N3OS. The van der Waals surface area contributed by atoms with Crippen molar-refractivity contribution in [3.05, 3.63) is 28.5 Å². The van der Waals surface area contributed by atoms with Gasteiger partial charge in [0, 0.05) is 19.5 Å². The van der Waals surface area contributed by atoms with E-state index in [1.807, 2.05) is 17.6 Å². The summed E-state index contributed by atoms with van der Waals surface area (Å²) < 4.78 is 2.65. The van der Waals surface area contributed by atoms with Crippen molar-refractivity contribution in [3.63, 3.8) is 0 Å². The molecule has 1 amide bonds. The van der Waals surface area contributed by atoms with E-state index in [1.54, 1.807) is 0 Å². The number of rotatable bonds is 5. The van der Waals surface area contributed by atoms with Crippen LogP contribution in [-0.4, -0.2) is 22.0 Å². The van der Waals surface area contributed by atoms with E-state index in [4.69, 9.17) is 12.2 Å². The smallest absolute Gasteiger partial charge is 0.221 e. The number of aryl methyl sites for hydroxylation is 2. The Hall–Kier alpha value is -1.62. The van der Waals surface area contributed by atoms with Crippen LogP contribution in [0.5, 0.6) is 0 Å². The number of carbonyl (C=O) groups is 1. The Morgan fingerprint density at radius 3 is 2.90 bits per heavy atom. The first-order valence-corrected chi connectivity index (χ1v) is 7.34. The van der Waals surface area contributed by atoms with Gasteiger partial charge in [0.15, 0.2) is 4.77 Å². The van der Waals surface area contributed by atoms with Gasteiger partial charge in [-0.25, -0.2) is 0 Å². The summed E-state index contributed by atoms with van der Waals surface area (Å²) in [6, 6.07) is 6.17. The zero-order valence-corrected chi connectivity index (χ0v) is 13.0. The normalized spacial score (nSPS) is 11.2. The molecule has 0 saturated carbocycles. The second-order valence-electron chi connectivity index (χ2n) is 5.55. The molecule has 0 aliphatic rings.